The number of hydrogen-bond acceptors (Lipinski definition) is 4. The number of fused-ring (bicyclic) bond motifs is 1. The maximum atomic E-state index is 12.9. The Hall–Kier alpha value is -2.15. The second kappa shape index (κ2) is 7.61. The van der Waals surface area contributed by atoms with Crippen LogP contribution < -0.4 is 4.74 Å². The lowest BCUT2D eigenvalue weighted by Crippen LogP contribution is -2.51. The van der Waals surface area contributed by atoms with Gasteiger partial charge in [0.05, 0.1) is 6.61 Å². The standard InChI is InChI=1S/C19H25FN2O4/c1-14(23)22-10-15-9-21(8-7-19(15,12-22)13-25-2)18(24)11-26-17-5-3-16(20)4-6-17/h3-6,15H,7-13H2,1-2H3/t15-,19+/m1/s1. The molecule has 0 saturated carbocycles. The zero-order valence-corrected chi connectivity index (χ0v) is 15.2. The molecule has 0 N–H and O–H groups in total. The molecule has 7 heteroatoms. The summed E-state index contributed by atoms with van der Waals surface area (Å²) in [5, 5.41) is 0. The molecule has 0 unspecified atom stereocenters. The van der Waals surface area contributed by atoms with Gasteiger partial charge in [0, 0.05) is 51.5 Å². The molecule has 3 rings (SSSR count). The van der Waals surface area contributed by atoms with Crippen molar-refractivity contribution >= 4 is 11.8 Å². The van der Waals surface area contributed by atoms with Gasteiger partial charge < -0.3 is 19.3 Å². The van der Waals surface area contributed by atoms with E-state index >= 15 is 0 Å². The van der Waals surface area contributed by atoms with E-state index in [9.17, 15) is 14.0 Å². The summed E-state index contributed by atoms with van der Waals surface area (Å²) in [5.41, 5.74) is -0.0744. The molecule has 0 bridgehead atoms. The first kappa shape index (κ1) is 18.6. The molecule has 0 aliphatic carbocycles. The van der Waals surface area contributed by atoms with Gasteiger partial charge in [-0.15, -0.1) is 0 Å². The summed E-state index contributed by atoms with van der Waals surface area (Å²) in [6, 6.07) is 5.61. The van der Waals surface area contributed by atoms with Gasteiger partial charge in [-0.2, -0.15) is 0 Å². The Bertz CT molecular complexity index is 666. The molecule has 2 aliphatic rings. The monoisotopic (exact) mass is 364 g/mol. The van der Waals surface area contributed by atoms with Crippen LogP contribution in [0, 0.1) is 17.2 Å². The van der Waals surface area contributed by atoms with Crippen LogP contribution in [0.2, 0.25) is 0 Å². The lowest BCUT2D eigenvalue weighted by Gasteiger charge is -2.42. The maximum absolute atomic E-state index is 12.9. The Morgan fingerprint density at radius 1 is 1.23 bits per heavy atom. The number of hydrogen-bond donors (Lipinski definition) is 0. The predicted molar refractivity (Wildman–Crippen MR) is 93.1 cm³/mol. The summed E-state index contributed by atoms with van der Waals surface area (Å²) in [7, 11) is 1.68. The van der Waals surface area contributed by atoms with Crippen molar-refractivity contribution in [3.05, 3.63) is 30.1 Å². The molecular weight excluding hydrogens is 339 g/mol. The molecule has 2 atom stereocenters. The second-order valence-electron chi connectivity index (χ2n) is 7.22. The van der Waals surface area contributed by atoms with Gasteiger partial charge in [-0.25, -0.2) is 4.39 Å². The number of carbonyl (C=O) groups excluding carboxylic acids is 2. The number of ether oxygens (including phenoxy) is 2. The highest BCUT2D eigenvalue weighted by Crippen LogP contribution is 2.43. The van der Waals surface area contributed by atoms with Crippen LogP contribution in [0.5, 0.6) is 5.75 Å². The summed E-state index contributed by atoms with van der Waals surface area (Å²) in [6.07, 6.45) is 0.803. The summed E-state index contributed by atoms with van der Waals surface area (Å²) < 4.78 is 23.8. The van der Waals surface area contributed by atoms with Crippen LogP contribution in [0.3, 0.4) is 0 Å². The zero-order chi connectivity index (χ0) is 18.7. The average Bonchev–Trinajstić information content (AvgIpc) is 3.00. The number of benzene rings is 1. The van der Waals surface area contributed by atoms with Crippen LogP contribution >= 0.6 is 0 Å². The van der Waals surface area contributed by atoms with Gasteiger partial charge in [-0.05, 0) is 30.7 Å². The van der Waals surface area contributed by atoms with Crippen LogP contribution in [0.25, 0.3) is 0 Å². The molecule has 1 aromatic rings. The smallest absolute Gasteiger partial charge is 0.260 e. The quantitative estimate of drug-likeness (QED) is 0.795. The number of piperidine rings is 1. The molecule has 6 nitrogen and oxygen atoms in total. The Morgan fingerprint density at radius 3 is 2.58 bits per heavy atom. The van der Waals surface area contributed by atoms with Crippen LogP contribution in [-0.2, 0) is 14.3 Å². The number of rotatable bonds is 5. The Morgan fingerprint density at radius 2 is 1.92 bits per heavy atom. The van der Waals surface area contributed by atoms with Crippen molar-refractivity contribution in [2.24, 2.45) is 11.3 Å². The van der Waals surface area contributed by atoms with Crippen molar-refractivity contribution in [1.29, 1.82) is 0 Å². The number of methoxy groups -OCH3 is 1. The topological polar surface area (TPSA) is 59.1 Å². The second-order valence-corrected chi connectivity index (χ2v) is 7.22. The van der Waals surface area contributed by atoms with Gasteiger partial charge >= 0.3 is 0 Å². The van der Waals surface area contributed by atoms with E-state index in [1.54, 1.807) is 18.9 Å². The fourth-order valence-corrected chi connectivity index (χ4v) is 4.04. The van der Waals surface area contributed by atoms with E-state index in [1.807, 2.05) is 4.90 Å². The third-order valence-corrected chi connectivity index (χ3v) is 5.54. The van der Waals surface area contributed by atoms with E-state index in [0.29, 0.717) is 38.5 Å². The Kier molecular flexibility index (Phi) is 5.46. The lowest BCUT2D eigenvalue weighted by molar-refractivity contribution is -0.138. The normalized spacial score (nSPS) is 25.1. The summed E-state index contributed by atoms with van der Waals surface area (Å²) >= 11 is 0. The number of nitrogens with zero attached hydrogens (tertiary/aromatic N) is 2. The van der Waals surface area contributed by atoms with Crippen molar-refractivity contribution in [3.63, 3.8) is 0 Å². The average molecular weight is 364 g/mol. The van der Waals surface area contributed by atoms with E-state index in [4.69, 9.17) is 9.47 Å². The third-order valence-electron chi connectivity index (χ3n) is 5.54. The van der Waals surface area contributed by atoms with Crippen LogP contribution in [0.1, 0.15) is 13.3 Å². The highest BCUT2D eigenvalue weighted by atomic mass is 19.1. The minimum atomic E-state index is -0.342. The highest BCUT2D eigenvalue weighted by molar-refractivity contribution is 5.78. The number of carbonyl (C=O) groups is 2. The molecule has 2 amide bonds. The minimum Gasteiger partial charge on any atom is -0.484 e. The van der Waals surface area contributed by atoms with Gasteiger partial charge in [0.2, 0.25) is 5.91 Å². The van der Waals surface area contributed by atoms with Crippen molar-refractivity contribution < 1.29 is 23.5 Å². The highest BCUT2D eigenvalue weighted by Gasteiger charge is 2.50. The summed E-state index contributed by atoms with van der Waals surface area (Å²) in [5.74, 6) is 0.295. The summed E-state index contributed by atoms with van der Waals surface area (Å²) in [4.78, 5) is 28.0. The molecular formula is C19H25FN2O4. The van der Waals surface area contributed by atoms with E-state index in [2.05, 4.69) is 0 Å². The first-order valence-corrected chi connectivity index (χ1v) is 8.84. The molecule has 2 heterocycles. The predicted octanol–water partition coefficient (Wildman–Crippen LogP) is 1.55. The fourth-order valence-electron chi connectivity index (χ4n) is 4.04. The van der Waals surface area contributed by atoms with Gasteiger partial charge in [0.15, 0.2) is 6.61 Å². The minimum absolute atomic E-state index is 0.0624. The van der Waals surface area contributed by atoms with Crippen LogP contribution in [0.4, 0.5) is 4.39 Å². The van der Waals surface area contributed by atoms with Gasteiger partial charge in [0.1, 0.15) is 11.6 Å². The van der Waals surface area contributed by atoms with E-state index in [0.717, 1.165) is 6.42 Å². The molecule has 1 aromatic carbocycles. The first-order chi connectivity index (χ1) is 12.4. The SMILES string of the molecule is COC[C@@]12CCN(C(=O)COc3ccc(F)cc3)C[C@@H]1CN(C(C)=O)C2. The van der Waals surface area contributed by atoms with Crippen LogP contribution in [-0.4, -0.2) is 68.1 Å². The van der Waals surface area contributed by atoms with E-state index in [1.165, 1.54) is 24.3 Å². The molecule has 2 fully saturated rings. The molecule has 26 heavy (non-hydrogen) atoms. The van der Waals surface area contributed by atoms with Gasteiger partial charge in [-0.3, -0.25) is 9.59 Å². The van der Waals surface area contributed by atoms with Crippen LogP contribution in [0.15, 0.2) is 24.3 Å². The number of halogens is 1. The van der Waals surface area contributed by atoms with Crippen molar-refractivity contribution in [2.75, 3.05) is 46.5 Å². The van der Waals surface area contributed by atoms with E-state index < -0.39 is 0 Å². The Labute approximate surface area is 152 Å². The largest absolute Gasteiger partial charge is 0.484 e. The molecule has 0 spiro atoms. The van der Waals surface area contributed by atoms with E-state index in [-0.39, 0.29) is 35.6 Å². The third kappa shape index (κ3) is 3.82. The number of amides is 2. The molecule has 2 aliphatic heterocycles. The first-order valence-electron chi connectivity index (χ1n) is 8.84. The van der Waals surface area contributed by atoms with Crippen molar-refractivity contribution in [1.82, 2.24) is 9.80 Å². The maximum Gasteiger partial charge on any atom is 0.260 e. The zero-order valence-electron chi connectivity index (χ0n) is 15.2. The fraction of sp³-hybridized carbons (Fsp3) is 0.579. The lowest BCUT2D eigenvalue weighted by atomic mass is 9.73. The van der Waals surface area contributed by atoms with Crippen molar-refractivity contribution in [3.8, 4) is 5.75 Å². The van der Waals surface area contributed by atoms with Gasteiger partial charge in [-0.1, -0.05) is 0 Å². The Balaban J connectivity index is 1.60. The summed E-state index contributed by atoms with van der Waals surface area (Å²) in [6.45, 7) is 4.66. The molecule has 2 saturated heterocycles. The molecule has 142 valence electrons. The number of likely N-dealkylation sites (tertiary alicyclic amines) is 2. The van der Waals surface area contributed by atoms with Crippen molar-refractivity contribution in [2.45, 2.75) is 13.3 Å². The molecule has 0 aromatic heterocycles. The molecule has 0 radical (unpaired) electrons. The van der Waals surface area contributed by atoms with Gasteiger partial charge in [0.25, 0.3) is 5.91 Å².